The summed E-state index contributed by atoms with van der Waals surface area (Å²) >= 11 is 0. The maximum atomic E-state index is 13.8. The standard InChI is InChI=1S/C35H40N6O3S/c1-35(2,3)45(44)41-21-27-17-30(34(43)38-29-12-14-40(22-29)20-24-8-5-4-6-9-24)39-33(32(27)31(41)13-15-42)26-11-7-10-25(16-26)28-18-36-23-37-19-28/h4-11,16-19,23,29,31,42H,12-15,20-22H2,1-3H3,(H,38,43)/t29-,31+,45+/m0/s1. The number of carbonyl (C=O) groups excluding carboxylic acids is 1. The Morgan fingerprint density at radius 1 is 1.02 bits per heavy atom. The summed E-state index contributed by atoms with van der Waals surface area (Å²) in [6.45, 7) is 8.74. The van der Waals surface area contributed by atoms with Gasteiger partial charge >= 0.3 is 0 Å². The number of hydrogen-bond acceptors (Lipinski definition) is 7. The van der Waals surface area contributed by atoms with Crippen LogP contribution in [-0.2, 0) is 24.1 Å². The molecule has 0 bridgehead atoms. The van der Waals surface area contributed by atoms with Gasteiger partial charge in [0, 0.05) is 67.9 Å². The summed E-state index contributed by atoms with van der Waals surface area (Å²) in [5, 5.41) is 13.3. The lowest BCUT2D eigenvalue weighted by atomic mass is 9.94. The van der Waals surface area contributed by atoms with Crippen molar-refractivity contribution in [2.45, 2.75) is 63.5 Å². The summed E-state index contributed by atoms with van der Waals surface area (Å²) in [6, 6.07) is 19.9. The van der Waals surface area contributed by atoms with E-state index in [1.807, 2.05) is 73.6 Å². The van der Waals surface area contributed by atoms with Crippen molar-refractivity contribution in [3.05, 3.63) is 102 Å². The summed E-state index contributed by atoms with van der Waals surface area (Å²) in [5.74, 6) is -0.215. The van der Waals surface area contributed by atoms with Crippen LogP contribution in [0.5, 0.6) is 0 Å². The molecule has 2 aliphatic heterocycles. The number of pyridine rings is 1. The minimum absolute atomic E-state index is 0.0214. The quantitative estimate of drug-likeness (QED) is 0.272. The maximum Gasteiger partial charge on any atom is 0.270 e. The van der Waals surface area contributed by atoms with Gasteiger partial charge in [0.2, 0.25) is 0 Å². The lowest BCUT2D eigenvalue weighted by Crippen LogP contribution is -2.37. The number of rotatable bonds is 9. The number of nitrogens with zero attached hydrogens (tertiary/aromatic N) is 5. The fraction of sp³-hybridized carbons (Fsp3) is 0.371. The van der Waals surface area contributed by atoms with Crippen LogP contribution >= 0.6 is 0 Å². The molecule has 2 aromatic carbocycles. The Morgan fingerprint density at radius 3 is 2.51 bits per heavy atom. The molecule has 4 aromatic rings. The molecule has 2 aliphatic rings. The molecule has 45 heavy (non-hydrogen) atoms. The molecule has 1 fully saturated rings. The number of aliphatic hydroxyl groups excluding tert-OH is 1. The number of benzene rings is 2. The zero-order chi connectivity index (χ0) is 31.6. The SMILES string of the molecule is CC(C)(C)[S@@](=O)N1Cc2cc(C(=O)N[C@H]3CCN(Cc4ccccc4)C3)nc(-c3cccc(-c4cncnc4)c3)c2[C@H]1CCO. The van der Waals surface area contributed by atoms with Gasteiger partial charge in [0.15, 0.2) is 0 Å². The Labute approximate surface area is 267 Å². The van der Waals surface area contributed by atoms with Crippen molar-refractivity contribution in [2.24, 2.45) is 0 Å². The smallest absolute Gasteiger partial charge is 0.270 e. The number of carbonyl (C=O) groups is 1. The first-order valence-corrected chi connectivity index (χ1v) is 16.6. The van der Waals surface area contributed by atoms with Gasteiger partial charge in [-0.05, 0) is 62.4 Å². The number of amides is 1. The van der Waals surface area contributed by atoms with Crippen LogP contribution in [0.4, 0.5) is 0 Å². The molecule has 10 heteroatoms. The fourth-order valence-electron chi connectivity index (χ4n) is 6.29. The number of likely N-dealkylation sites (tertiary alicyclic amines) is 1. The summed E-state index contributed by atoms with van der Waals surface area (Å²) in [6.07, 6.45) is 6.30. The summed E-state index contributed by atoms with van der Waals surface area (Å²) < 4.78 is 15.2. The molecule has 0 spiro atoms. The second-order valence-corrected chi connectivity index (χ2v) is 15.0. The normalized spacial score (nSPS) is 19.4. The molecule has 4 heterocycles. The van der Waals surface area contributed by atoms with E-state index in [2.05, 4.69) is 32.3 Å². The fourth-order valence-corrected chi connectivity index (χ4v) is 7.70. The third-order valence-corrected chi connectivity index (χ3v) is 10.3. The van der Waals surface area contributed by atoms with Gasteiger partial charge in [-0.3, -0.25) is 9.69 Å². The molecule has 234 valence electrons. The maximum absolute atomic E-state index is 13.8. The molecule has 0 unspecified atom stereocenters. The van der Waals surface area contributed by atoms with Crippen LogP contribution in [0.1, 0.15) is 66.8 Å². The van der Waals surface area contributed by atoms with Crippen molar-refractivity contribution in [3.8, 4) is 22.4 Å². The van der Waals surface area contributed by atoms with Crippen LogP contribution in [0.3, 0.4) is 0 Å². The van der Waals surface area contributed by atoms with Gasteiger partial charge in [-0.25, -0.2) is 23.5 Å². The van der Waals surface area contributed by atoms with E-state index >= 15 is 0 Å². The number of fused-ring (bicyclic) bond motifs is 1. The molecule has 0 radical (unpaired) electrons. The second kappa shape index (κ2) is 13.3. The topological polar surface area (TPSA) is 112 Å². The first-order valence-electron chi connectivity index (χ1n) is 15.5. The van der Waals surface area contributed by atoms with Crippen molar-refractivity contribution in [1.29, 1.82) is 0 Å². The third kappa shape index (κ3) is 6.89. The van der Waals surface area contributed by atoms with Gasteiger partial charge in [0.25, 0.3) is 5.91 Å². The largest absolute Gasteiger partial charge is 0.396 e. The van der Waals surface area contributed by atoms with Gasteiger partial charge < -0.3 is 10.4 Å². The van der Waals surface area contributed by atoms with Crippen molar-refractivity contribution in [2.75, 3.05) is 19.7 Å². The Kier molecular flexibility index (Phi) is 9.18. The highest BCUT2D eigenvalue weighted by Crippen LogP contribution is 2.44. The van der Waals surface area contributed by atoms with E-state index in [1.165, 1.54) is 11.9 Å². The minimum Gasteiger partial charge on any atom is -0.396 e. The van der Waals surface area contributed by atoms with Crippen molar-refractivity contribution in [1.82, 2.24) is 29.5 Å². The van der Waals surface area contributed by atoms with E-state index in [0.717, 1.165) is 53.9 Å². The number of nitrogens with one attached hydrogen (secondary N) is 1. The Balaban J connectivity index is 1.34. The lowest BCUT2D eigenvalue weighted by Gasteiger charge is -2.30. The first kappa shape index (κ1) is 31.2. The van der Waals surface area contributed by atoms with Gasteiger partial charge in [0.1, 0.15) is 23.0 Å². The van der Waals surface area contributed by atoms with Crippen LogP contribution in [-0.4, -0.2) is 69.9 Å². The van der Waals surface area contributed by atoms with Crippen LogP contribution in [0.25, 0.3) is 22.4 Å². The molecule has 6 rings (SSSR count). The molecule has 2 N–H and O–H groups in total. The highest BCUT2D eigenvalue weighted by atomic mass is 32.2. The zero-order valence-electron chi connectivity index (χ0n) is 26.0. The Morgan fingerprint density at radius 2 is 1.78 bits per heavy atom. The van der Waals surface area contributed by atoms with E-state index < -0.39 is 15.7 Å². The minimum atomic E-state index is -1.34. The van der Waals surface area contributed by atoms with E-state index in [-0.39, 0.29) is 24.6 Å². The summed E-state index contributed by atoms with van der Waals surface area (Å²) in [4.78, 5) is 29.5. The molecule has 2 aromatic heterocycles. The van der Waals surface area contributed by atoms with Gasteiger partial charge in [0.05, 0.1) is 16.5 Å². The predicted molar refractivity (Wildman–Crippen MR) is 176 cm³/mol. The van der Waals surface area contributed by atoms with Crippen LogP contribution < -0.4 is 5.32 Å². The molecule has 3 atom stereocenters. The molecule has 0 saturated carbocycles. The van der Waals surface area contributed by atoms with Crippen molar-refractivity contribution >= 4 is 16.9 Å². The van der Waals surface area contributed by atoms with Gasteiger partial charge in [-0.15, -0.1) is 0 Å². The summed E-state index contributed by atoms with van der Waals surface area (Å²) in [7, 11) is -1.34. The molecular formula is C35H40N6O3S. The van der Waals surface area contributed by atoms with E-state index in [9.17, 15) is 14.1 Å². The van der Waals surface area contributed by atoms with Crippen molar-refractivity contribution in [3.63, 3.8) is 0 Å². The van der Waals surface area contributed by atoms with Crippen molar-refractivity contribution < 1.29 is 14.1 Å². The van der Waals surface area contributed by atoms with Gasteiger partial charge in [-0.1, -0.05) is 48.5 Å². The first-order chi connectivity index (χ1) is 21.7. The third-order valence-electron chi connectivity index (χ3n) is 8.41. The van der Waals surface area contributed by atoms with E-state index in [0.29, 0.717) is 24.4 Å². The van der Waals surface area contributed by atoms with E-state index in [4.69, 9.17) is 4.98 Å². The average molecular weight is 625 g/mol. The van der Waals surface area contributed by atoms with Crippen LogP contribution in [0.2, 0.25) is 0 Å². The zero-order valence-corrected chi connectivity index (χ0v) is 26.8. The second-order valence-electron chi connectivity index (χ2n) is 12.8. The molecular weight excluding hydrogens is 584 g/mol. The number of aromatic nitrogens is 3. The lowest BCUT2D eigenvalue weighted by molar-refractivity contribution is 0.0932. The monoisotopic (exact) mass is 624 g/mol. The Hall–Kier alpha value is -3.83. The summed E-state index contributed by atoms with van der Waals surface area (Å²) in [5.41, 5.74) is 6.71. The number of aliphatic hydroxyl groups is 1. The highest BCUT2D eigenvalue weighted by Gasteiger charge is 2.40. The molecule has 0 aliphatic carbocycles. The molecule has 1 saturated heterocycles. The van der Waals surface area contributed by atoms with Gasteiger partial charge in [-0.2, -0.15) is 0 Å². The van der Waals surface area contributed by atoms with Crippen LogP contribution in [0.15, 0.2) is 79.4 Å². The van der Waals surface area contributed by atoms with E-state index in [1.54, 1.807) is 12.4 Å². The number of hydrogen-bond donors (Lipinski definition) is 2. The predicted octanol–water partition coefficient (Wildman–Crippen LogP) is 4.91. The molecule has 1 amide bonds. The van der Waals surface area contributed by atoms with Crippen LogP contribution in [0, 0.1) is 0 Å². The highest BCUT2D eigenvalue weighted by molar-refractivity contribution is 7.84. The molecule has 9 nitrogen and oxygen atoms in total. The Bertz CT molecular complexity index is 1680. The average Bonchev–Trinajstić information content (AvgIpc) is 3.64.